The molecule has 4 aromatic rings. The molecule has 1 atom stereocenters. The number of benzene rings is 3. The largest absolute Gasteiger partial charge is 0.368 e. The van der Waals surface area contributed by atoms with Crippen LogP contribution in [0, 0.1) is 0 Å². The lowest BCUT2D eigenvalue weighted by molar-refractivity contribution is -0.118. The number of aromatic nitrogens is 1. The van der Waals surface area contributed by atoms with Gasteiger partial charge in [-0.05, 0) is 35.9 Å². The van der Waals surface area contributed by atoms with Crippen molar-refractivity contribution < 1.29 is 9.59 Å². The molecule has 0 radical (unpaired) electrons. The van der Waals surface area contributed by atoms with Crippen LogP contribution in [0.2, 0.25) is 10.0 Å². The predicted octanol–water partition coefficient (Wildman–Crippen LogP) is 5.17. The van der Waals surface area contributed by atoms with Gasteiger partial charge in [-0.2, -0.15) is 0 Å². The second kappa shape index (κ2) is 7.45. The zero-order valence-electron chi connectivity index (χ0n) is 16.2. The summed E-state index contributed by atoms with van der Waals surface area (Å²) in [6.45, 7) is -0.189. The maximum Gasteiger partial charge on any atom is 0.255 e. The molecule has 5 rings (SSSR count). The highest BCUT2D eigenvalue weighted by atomic mass is 35.5. The van der Waals surface area contributed by atoms with E-state index >= 15 is 0 Å². The second-order valence-electron chi connectivity index (χ2n) is 7.47. The first-order valence-electron chi connectivity index (χ1n) is 9.70. The molecule has 1 unspecified atom stereocenters. The minimum atomic E-state index is -0.572. The van der Waals surface area contributed by atoms with Gasteiger partial charge in [-0.1, -0.05) is 59.6 Å². The summed E-state index contributed by atoms with van der Waals surface area (Å²) in [4.78, 5) is 30.0. The van der Waals surface area contributed by atoms with Crippen LogP contribution in [-0.4, -0.2) is 28.2 Å². The first-order valence-corrected chi connectivity index (χ1v) is 10.5. The molecule has 0 saturated carbocycles. The molecule has 1 aromatic heterocycles. The fraction of sp³-hybridized carbons (Fsp3) is 0.0833. The van der Waals surface area contributed by atoms with E-state index in [0.717, 1.165) is 33.3 Å². The number of hydrogen-bond acceptors (Lipinski definition) is 2. The van der Waals surface area contributed by atoms with Crippen LogP contribution in [0.4, 0.5) is 0 Å². The molecular formula is C24H17Cl2N3O2. The molecule has 0 saturated heterocycles. The Balaban J connectivity index is 1.83. The zero-order valence-corrected chi connectivity index (χ0v) is 17.7. The van der Waals surface area contributed by atoms with Gasteiger partial charge in [-0.3, -0.25) is 9.59 Å². The number of rotatable bonds is 4. The predicted molar refractivity (Wildman–Crippen MR) is 122 cm³/mol. The molecular weight excluding hydrogens is 433 g/mol. The molecule has 2 amide bonds. The second-order valence-corrected chi connectivity index (χ2v) is 8.32. The summed E-state index contributed by atoms with van der Waals surface area (Å²) in [5.41, 5.74) is 10.2. The van der Waals surface area contributed by atoms with Crippen molar-refractivity contribution in [1.82, 2.24) is 9.88 Å². The summed E-state index contributed by atoms with van der Waals surface area (Å²) in [7, 11) is 0. The third-order valence-corrected chi connectivity index (χ3v) is 6.15. The summed E-state index contributed by atoms with van der Waals surface area (Å²) in [5.74, 6) is -0.796. The summed E-state index contributed by atoms with van der Waals surface area (Å²) in [6.07, 6.45) is 0. The maximum absolute atomic E-state index is 13.2. The van der Waals surface area contributed by atoms with E-state index in [0.29, 0.717) is 15.6 Å². The number of nitrogens with two attached hydrogens (primary N) is 1. The number of aromatic amines is 1. The topological polar surface area (TPSA) is 79.2 Å². The Morgan fingerprint density at radius 1 is 1.00 bits per heavy atom. The molecule has 1 aliphatic heterocycles. The van der Waals surface area contributed by atoms with Crippen LogP contribution in [0.1, 0.15) is 27.5 Å². The van der Waals surface area contributed by atoms with Gasteiger partial charge in [0.1, 0.15) is 6.54 Å². The fourth-order valence-electron chi connectivity index (χ4n) is 4.36. The number of H-pyrrole nitrogens is 1. The van der Waals surface area contributed by atoms with Gasteiger partial charge in [0.05, 0.1) is 16.8 Å². The molecule has 2 heterocycles. The Hall–Kier alpha value is -3.28. The minimum Gasteiger partial charge on any atom is -0.368 e. The molecule has 5 nitrogen and oxygen atoms in total. The number of carbonyl (C=O) groups excluding carboxylic acids is 2. The lowest BCUT2D eigenvalue weighted by Crippen LogP contribution is -2.37. The van der Waals surface area contributed by atoms with Crippen LogP contribution in [-0.2, 0) is 4.79 Å². The Morgan fingerprint density at radius 2 is 1.74 bits per heavy atom. The van der Waals surface area contributed by atoms with E-state index in [1.165, 1.54) is 4.90 Å². The monoisotopic (exact) mass is 449 g/mol. The normalized spacial score (nSPS) is 15.5. The average Bonchev–Trinajstić information content (AvgIpc) is 3.23. The van der Waals surface area contributed by atoms with Crippen molar-refractivity contribution in [3.8, 4) is 11.3 Å². The van der Waals surface area contributed by atoms with E-state index in [1.807, 2.05) is 48.5 Å². The van der Waals surface area contributed by atoms with Crippen molar-refractivity contribution in [2.75, 3.05) is 6.54 Å². The first kappa shape index (κ1) is 19.7. The Bertz CT molecular complexity index is 1360. The van der Waals surface area contributed by atoms with E-state index in [4.69, 9.17) is 28.9 Å². The van der Waals surface area contributed by atoms with E-state index < -0.39 is 11.9 Å². The van der Waals surface area contributed by atoms with Crippen LogP contribution in [0.3, 0.4) is 0 Å². The van der Waals surface area contributed by atoms with E-state index in [1.54, 1.807) is 18.2 Å². The summed E-state index contributed by atoms with van der Waals surface area (Å²) >= 11 is 12.7. The van der Waals surface area contributed by atoms with Crippen molar-refractivity contribution in [1.29, 1.82) is 0 Å². The number of nitrogens with one attached hydrogen (secondary N) is 1. The number of carbonyl (C=O) groups is 2. The van der Waals surface area contributed by atoms with Gasteiger partial charge >= 0.3 is 0 Å². The highest BCUT2D eigenvalue weighted by molar-refractivity contribution is 6.36. The summed E-state index contributed by atoms with van der Waals surface area (Å²) < 4.78 is 0. The van der Waals surface area contributed by atoms with Gasteiger partial charge in [-0.25, -0.2) is 0 Å². The number of nitrogens with zero attached hydrogens (tertiary/aromatic N) is 1. The van der Waals surface area contributed by atoms with Gasteiger partial charge in [-0.15, -0.1) is 0 Å². The Labute approximate surface area is 188 Å². The molecule has 0 fully saturated rings. The molecule has 3 aromatic carbocycles. The third kappa shape index (κ3) is 3.17. The zero-order chi connectivity index (χ0) is 21.7. The Morgan fingerprint density at radius 3 is 2.52 bits per heavy atom. The number of amides is 2. The van der Waals surface area contributed by atoms with Gasteiger partial charge in [0.2, 0.25) is 5.91 Å². The van der Waals surface area contributed by atoms with E-state index in [9.17, 15) is 9.59 Å². The van der Waals surface area contributed by atoms with E-state index in [-0.39, 0.29) is 12.5 Å². The minimum absolute atomic E-state index is 0.189. The Kier molecular flexibility index (Phi) is 4.73. The molecule has 31 heavy (non-hydrogen) atoms. The van der Waals surface area contributed by atoms with Crippen LogP contribution < -0.4 is 5.73 Å². The average molecular weight is 450 g/mol. The maximum atomic E-state index is 13.2. The lowest BCUT2D eigenvalue weighted by Gasteiger charge is -2.25. The number of primary amides is 1. The van der Waals surface area contributed by atoms with Crippen LogP contribution in [0.5, 0.6) is 0 Å². The van der Waals surface area contributed by atoms with E-state index in [2.05, 4.69) is 4.98 Å². The SMILES string of the molecule is NC(=O)CN1C(=O)c2ccccc2C1c1c(-c2ccc(Cl)cc2Cl)[nH]c2ccccc12. The standard InChI is InChI=1S/C24H17Cl2N3O2/c25-13-9-10-16(18(26)11-13)22-21(17-7-3-4-8-19(17)28-22)23-14-5-1-2-6-15(14)24(31)29(23)12-20(27)30/h1-11,23,28H,12H2,(H2,27,30). The first-order chi connectivity index (χ1) is 15.0. The van der Waals surface area contributed by atoms with Crippen molar-refractivity contribution in [3.63, 3.8) is 0 Å². The quantitative estimate of drug-likeness (QED) is 0.450. The number of halogens is 2. The van der Waals surface area contributed by atoms with Gasteiger partial charge in [0.15, 0.2) is 0 Å². The highest BCUT2D eigenvalue weighted by Crippen LogP contribution is 2.46. The van der Waals surface area contributed by atoms with Crippen molar-refractivity contribution in [2.24, 2.45) is 5.73 Å². The van der Waals surface area contributed by atoms with Crippen LogP contribution in [0.25, 0.3) is 22.2 Å². The molecule has 7 heteroatoms. The van der Waals surface area contributed by atoms with Crippen molar-refractivity contribution >= 4 is 45.9 Å². The van der Waals surface area contributed by atoms with Crippen LogP contribution >= 0.6 is 23.2 Å². The number of para-hydroxylation sites is 1. The van der Waals surface area contributed by atoms with Crippen LogP contribution in [0.15, 0.2) is 66.7 Å². The van der Waals surface area contributed by atoms with Gasteiger partial charge in [0.25, 0.3) is 5.91 Å². The molecule has 154 valence electrons. The van der Waals surface area contributed by atoms with Gasteiger partial charge in [0, 0.05) is 32.6 Å². The van der Waals surface area contributed by atoms with Crippen molar-refractivity contribution in [3.05, 3.63) is 93.5 Å². The third-order valence-electron chi connectivity index (χ3n) is 5.60. The molecule has 0 bridgehead atoms. The number of fused-ring (bicyclic) bond motifs is 2. The molecule has 0 spiro atoms. The van der Waals surface area contributed by atoms with Crippen molar-refractivity contribution in [2.45, 2.75) is 6.04 Å². The smallest absolute Gasteiger partial charge is 0.255 e. The summed E-state index contributed by atoms with van der Waals surface area (Å²) in [6, 6.07) is 20.0. The summed E-state index contributed by atoms with van der Waals surface area (Å²) in [5, 5.41) is 1.95. The molecule has 3 N–H and O–H groups in total. The molecule has 0 aliphatic carbocycles. The van der Waals surface area contributed by atoms with Gasteiger partial charge < -0.3 is 15.6 Å². The molecule has 1 aliphatic rings. The number of hydrogen-bond donors (Lipinski definition) is 2. The fourth-order valence-corrected chi connectivity index (χ4v) is 4.87. The highest BCUT2D eigenvalue weighted by Gasteiger charge is 2.40. The lowest BCUT2D eigenvalue weighted by atomic mass is 9.93.